The fraction of sp³-hybridized carbons (Fsp3) is 0.750. The first-order valence-electron chi connectivity index (χ1n) is 7.81. The fourth-order valence-corrected chi connectivity index (χ4v) is 2.34. The van der Waals surface area contributed by atoms with Crippen LogP contribution in [0.4, 0.5) is 5.95 Å². The van der Waals surface area contributed by atoms with Crippen molar-refractivity contribution >= 4 is 5.95 Å². The zero-order valence-corrected chi connectivity index (χ0v) is 13.0. The van der Waals surface area contributed by atoms with Gasteiger partial charge in [-0.3, -0.25) is 0 Å². The minimum atomic E-state index is 0.522. The molecule has 19 heavy (non-hydrogen) atoms. The second-order valence-electron chi connectivity index (χ2n) is 5.28. The lowest BCUT2D eigenvalue weighted by atomic mass is 10.1. The fourth-order valence-electron chi connectivity index (χ4n) is 2.34. The highest BCUT2D eigenvalue weighted by atomic mass is 15.3. The first kappa shape index (κ1) is 15.9. The van der Waals surface area contributed by atoms with E-state index < -0.39 is 0 Å². The van der Waals surface area contributed by atoms with Crippen LogP contribution in [0.5, 0.6) is 0 Å². The molecule has 1 atom stereocenters. The molecule has 0 spiro atoms. The van der Waals surface area contributed by atoms with Gasteiger partial charge in [0.2, 0.25) is 5.95 Å². The van der Waals surface area contributed by atoms with E-state index in [1.54, 1.807) is 0 Å². The lowest BCUT2D eigenvalue weighted by Crippen LogP contribution is -2.35. The molecule has 1 aromatic heterocycles. The van der Waals surface area contributed by atoms with Gasteiger partial charge >= 0.3 is 0 Å². The molecule has 0 aliphatic heterocycles. The molecule has 3 heteroatoms. The lowest BCUT2D eigenvalue weighted by molar-refractivity contribution is 0.554. The summed E-state index contributed by atoms with van der Waals surface area (Å²) in [6, 6.07) is 2.56. The van der Waals surface area contributed by atoms with Gasteiger partial charge in [0.25, 0.3) is 0 Å². The van der Waals surface area contributed by atoms with Gasteiger partial charge in [-0.1, -0.05) is 40.0 Å². The maximum atomic E-state index is 4.73. The molecular formula is C16H29N3. The molecule has 0 aromatic carbocycles. The molecule has 0 saturated heterocycles. The maximum absolute atomic E-state index is 4.73. The van der Waals surface area contributed by atoms with Crippen molar-refractivity contribution < 1.29 is 0 Å². The highest BCUT2D eigenvalue weighted by molar-refractivity contribution is 5.31. The number of aromatic nitrogens is 2. The summed E-state index contributed by atoms with van der Waals surface area (Å²) in [6.07, 6.45) is 8.91. The third-order valence-corrected chi connectivity index (χ3v) is 3.45. The molecule has 3 nitrogen and oxygen atoms in total. The predicted octanol–water partition coefficient (Wildman–Crippen LogP) is 4.22. The van der Waals surface area contributed by atoms with Crippen molar-refractivity contribution in [2.24, 2.45) is 0 Å². The highest BCUT2D eigenvalue weighted by Gasteiger charge is 2.16. The molecule has 0 fully saturated rings. The number of nitrogens with zero attached hydrogens (tertiary/aromatic N) is 3. The summed E-state index contributed by atoms with van der Waals surface area (Å²) in [5.41, 5.74) is 1.16. The summed E-state index contributed by atoms with van der Waals surface area (Å²) in [4.78, 5) is 11.6. The van der Waals surface area contributed by atoms with Gasteiger partial charge in [-0.2, -0.15) is 0 Å². The predicted molar refractivity (Wildman–Crippen MR) is 82.7 cm³/mol. The van der Waals surface area contributed by atoms with Crippen LogP contribution in [0, 0.1) is 0 Å². The molecule has 1 unspecified atom stereocenters. The summed E-state index contributed by atoms with van der Waals surface area (Å²) in [5.74, 6) is 0.917. The number of rotatable bonds is 9. The quantitative estimate of drug-likeness (QED) is 0.668. The maximum Gasteiger partial charge on any atom is 0.225 e. The summed E-state index contributed by atoms with van der Waals surface area (Å²) in [7, 11) is 0. The third kappa shape index (κ3) is 5.17. The lowest BCUT2D eigenvalue weighted by Gasteiger charge is -2.29. The Hall–Kier alpha value is -1.12. The van der Waals surface area contributed by atoms with Gasteiger partial charge in [-0.05, 0) is 32.3 Å². The van der Waals surface area contributed by atoms with E-state index in [-0.39, 0.29) is 0 Å². The van der Waals surface area contributed by atoms with Crippen molar-refractivity contribution in [3.8, 4) is 0 Å². The van der Waals surface area contributed by atoms with Crippen molar-refractivity contribution in [2.45, 2.75) is 72.3 Å². The van der Waals surface area contributed by atoms with Crippen LogP contribution in [0.25, 0.3) is 0 Å². The molecule has 0 aliphatic rings. The normalized spacial score (nSPS) is 12.4. The smallest absolute Gasteiger partial charge is 0.225 e. The van der Waals surface area contributed by atoms with Crippen molar-refractivity contribution in [2.75, 3.05) is 11.4 Å². The summed E-state index contributed by atoms with van der Waals surface area (Å²) in [5, 5.41) is 0. The molecular weight excluding hydrogens is 234 g/mol. The number of anilines is 1. The number of hydrogen-bond acceptors (Lipinski definition) is 3. The van der Waals surface area contributed by atoms with E-state index in [9.17, 15) is 0 Å². The van der Waals surface area contributed by atoms with Gasteiger partial charge < -0.3 is 4.90 Å². The third-order valence-electron chi connectivity index (χ3n) is 3.45. The Morgan fingerprint density at radius 3 is 2.58 bits per heavy atom. The van der Waals surface area contributed by atoms with E-state index in [0.717, 1.165) is 31.0 Å². The van der Waals surface area contributed by atoms with E-state index in [1.807, 2.05) is 12.3 Å². The van der Waals surface area contributed by atoms with E-state index in [0.29, 0.717) is 6.04 Å². The van der Waals surface area contributed by atoms with Crippen LogP contribution in [-0.2, 0) is 6.42 Å². The van der Waals surface area contributed by atoms with Gasteiger partial charge in [-0.15, -0.1) is 0 Å². The highest BCUT2D eigenvalue weighted by Crippen LogP contribution is 2.16. The minimum absolute atomic E-state index is 0.522. The second kappa shape index (κ2) is 8.89. The molecule has 0 bridgehead atoms. The number of hydrogen-bond donors (Lipinski definition) is 0. The van der Waals surface area contributed by atoms with Crippen molar-refractivity contribution in [1.29, 1.82) is 0 Å². The van der Waals surface area contributed by atoms with Crippen LogP contribution in [0.3, 0.4) is 0 Å². The topological polar surface area (TPSA) is 29.0 Å². The molecule has 1 aromatic rings. The molecule has 1 rings (SSSR count). The molecule has 0 amide bonds. The van der Waals surface area contributed by atoms with Gasteiger partial charge in [0.05, 0.1) is 0 Å². The van der Waals surface area contributed by atoms with Crippen molar-refractivity contribution in [1.82, 2.24) is 9.97 Å². The van der Waals surface area contributed by atoms with Gasteiger partial charge in [0, 0.05) is 24.5 Å². The zero-order chi connectivity index (χ0) is 14.1. The molecule has 1 heterocycles. The largest absolute Gasteiger partial charge is 0.338 e. The average Bonchev–Trinajstić information content (AvgIpc) is 2.40. The number of unbranched alkanes of at least 4 members (excludes halogenated alkanes) is 1. The van der Waals surface area contributed by atoms with Crippen LogP contribution >= 0.6 is 0 Å². The monoisotopic (exact) mass is 263 g/mol. The Labute approximate surface area is 118 Å². The van der Waals surface area contributed by atoms with Gasteiger partial charge in [-0.25, -0.2) is 9.97 Å². The number of aryl methyl sites for hydroxylation is 1. The Balaban J connectivity index is 2.85. The molecule has 108 valence electrons. The molecule has 0 aliphatic carbocycles. The van der Waals surface area contributed by atoms with E-state index in [2.05, 4.69) is 37.6 Å². The standard InChI is InChI=1S/C16H29N3/c1-5-8-13-19(14(4)9-6-2)16-17-12-11-15(18-16)10-7-3/h11-12,14H,5-10,13H2,1-4H3. The van der Waals surface area contributed by atoms with Crippen LogP contribution in [0.1, 0.15) is 65.5 Å². The van der Waals surface area contributed by atoms with Gasteiger partial charge in [0.1, 0.15) is 0 Å². The molecule has 0 N–H and O–H groups in total. The molecule has 0 saturated carbocycles. The average molecular weight is 263 g/mol. The van der Waals surface area contributed by atoms with Crippen LogP contribution in [0.2, 0.25) is 0 Å². The van der Waals surface area contributed by atoms with Crippen molar-refractivity contribution in [3.63, 3.8) is 0 Å². The Kier molecular flexibility index (Phi) is 7.46. The van der Waals surface area contributed by atoms with Crippen LogP contribution in [-0.4, -0.2) is 22.6 Å². The summed E-state index contributed by atoms with van der Waals surface area (Å²) < 4.78 is 0. The van der Waals surface area contributed by atoms with Gasteiger partial charge in [0.15, 0.2) is 0 Å². The van der Waals surface area contributed by atoms with E-state index >= 15 is 0 Å². The summed E-state index contributed by atoms with van der Waals surface area (Å²) >= 11 is 0. The molecule has 0 radical (unpaired) electrons. The summed E-state index contributed by atoms with van der Waals surface area (Å²) in [6.45, 7) is 10.0. The first-order valence-corrected chi connectivity index (χ1v) is 7.81. The van der Waals surface area contributed by atoms with Crippen LogP contribution < -0.4 is 4.90 Å². The van der Waals surface area contributed by atoms with Crippen LogP contribution in [0.15, 0.2) is 12.3 Å². The van der Waals surface area contributed by atoms with E-state index in [1.165, 1.54) is 25.7 Å². The Morgan fingerprint density at radius 2 is 1.95 bits per heavy atom. The van der Waals surface area contributed by atoms with Crippen molar-refractivity contribution in [3.05, 3.63) is 18.0 Å². The Bertz CT molecular complexity index is 352. The van der Waals surface area contributed by atoms with E-state index in [4.69, 9.17) is 4.98 Å². The minimum Gasteiger partial charge on any atom is -0.338 e. The zero-order valence-electron chi connectivity index (χ0n) is 13.0. The SMILES string of the molecule is CCCCN(c1nccc(CCC)n1)C(C)CCC. The first-order chi connectivity index (χ1) is 9.22. The Morgan fingerprint density at radius 1 is 1.16 bits per heavy atom. The second-order valence-corrected chi connectivity index (χ2v) is 5.28.